The predicted octanol–water partition coefficient (Wildman–Crippen LogP) is 6.73. The Morgan fingerprint density at radius 3 is 1.91 bits per heavy atom. The Hall–Kier alpha value is -1.18. The molecule has 0 aromatic heterocycles. The molecule has 0 amide bonds. The number of hydrogen-bond donors (Lipinski definition) is 0. The Labute approximate surface area is 138 Å². The molecule has 0 bridgehead atoms. The first-order chi connectivity index (χ1) is 10.8. The number of unbranched alkanes of at least 4 members (excludes halogenated alkanes) is 7. The Balaban J connectivity index is 4.45. The molecule has 0 rings (SSSR count). The third-order valence-electron chi connectivity index (χ3n) is 4.07. The standard InChI is InChI=1S/C20H36N2/c1-5-9-11-13-15-17-19(16-14-12-10-6-2)20(7-3)22-18-21-8-4/h7-8,18-19H,3-6,9-17H2,1-2H3/b21-18-,22-20+. The van der Waals surface area contributed by atoms with Crippen LogP contribution in [0.1, 0.15) is 84.5 Å². The van der Waals surface area contributed by atoms with E-state index in [0.29, 0.717) is 5.92 Å². The third kappa shape index (κ3) is 11.5. The maximum Gasteiger partial charge on any atom is 0.115 e. The maximum atomic E-state index is 4.48. The van der Waals surface area contributed by atoms with Gasteiger partial charge in [0.15, 0.2) is 0 Å². The molecule has 22 heavy (non-hydrogen) atoms. The number of aliphatic imine (C=N–C) groups is 2. The molecule has 0 aliphatic carbocycles. The average molecular weight is 305 g/mol. The van der Waals surface area contributed by atoms with Crippen LogP contribution in [-0.4, -0.2) is 12.1 Å². The third-order valence-corrected chi connectivity index (χ3v) is 4.07. The monoisotopic (exact) mass is 304 g/mol. The molecule has 0 aromatic carbocycles. The minimum atomic E-state index is 0.534. The largest absolute Gasteiger partial charge is 0.245 e. The minimum Gasteiger partial charge on any atom is -0.245 e. The Morgan fingerprint density at radius 2 is 1.41 bits per heavy atom. The second-order valence-corrected chi connectivity index (χ2v) is 5.95. The van der Waals surface area contributed by atoms with Gasteiger partial charge in [-0.1, -0.05) is 84.8 Å². The molecular weight excluding hydrogens is 268 g/mol. The van der Waals surface area contributed by atoms with Gasteiger partial charge in [0.1, 0.15) is 6.34 Å². The van der Waals surface area contributed by atoms with Gasteiger partial charge in [0.25, 0.3) is 0 Å². The van der Waals surface area contributed by atoms with Crippen LogP contribution in [0.15, 0.2) is 35.4 Å². The lowest BCUT2D eigenvalue weighted by Gasteiger charge is -2.17. The van der Waals surface area contributed by atoms with Crippen molar-refractivity contribution in [1.82, 2.24) is 0 Å². The number of hydrogen-bond acceptors (Lipinski definition) is 1. The highest BCUT2D eigenvalue weighted by atomic mass is 14.8. The van der Waals surface area contributed by atoms with Gasteiger partial charge in [-0.25, -0.2) is 9.98 Å². The van der Waals surface area contributed by atoms with Crippen molar-refractivity contribution in [2.24, 2.45) is 15.9 Å². The predicted molar refractivity (Wildman–Crippen MR) is 102 cm³/mol. The average Bonchev–Trinajstić information content (AvgIpc) is 2.54. The molecule has 0 saturated heterocycles. The molecule has 0 fully saturated rings. The van der Waals surface area contributed by atoms with Crippen LogP contribution in [0.2, 0.25) is 0 Å². The summed E-state index contributed by atoms with van der Waals surface area (Å²) in [5.74, 6) is 0.534. The lowest BCUT2D eigenvalue weighted by molar-refractivity contribution is 0.492. The van der Waals surface area contributed by atoms with Crippen LogP contribution in [0.3, 0.4) is 0 Å². The van der Waals surface area contributed by atoms with E-state index in [-0.39, 0.29) is 0 Å². The molecule has 0 spiro atoms. The summed E-state index contributed by atoms with van der Waals surface area (Å²) in [6.45, 7) is 12.0. The van der Waals surface area contributed by atoms with Crippen molar-refractivity contribution in [1.29, 1.82) is 0 Å². The Morgan fingerprint density at radius 1 is 0.864 bits per heavy atom. The topological polar surface area (TPSA) is 24.7 Å². The highest BCUT2D eigenvalue weighted by Gasteiger charge is 2.13. The smallest absolute Gasteiger partial charge is 0.115 e. The molecule has 0 aliphatic rings. The summed E-state index contributed by atoms with van der Waals surface area (Å²) in [5, 5.41) is 0. The van der Waals surface area contributed by atoms with E-state index in [4.69, 9.17) is 0 Å². The van der Waals surface area contributed by atoms with Gasteiger partial charge in [0.05, 0.1) is 0 Å². The van der Waals surface area contributed by atoms with E-state index in [1.54, 1.807) is 6.34 Å². The first kappa shape index (κ1) is 20.8. The van der Waals surface area contributed by atoms with E-state index in [2.05, 4.69) is 37.0 Å². The maximum absolute atomic E-state index is 4.48. The van der Waals surface area contributed by atoms with Gasteiger partial charge in [-0.15, -0.1) is 0 Å². The van der Waals surface area contributed by atoms with E-state index in [9.17, 15) is 0 Å². The van der Waals surface area contributed by atoms with Gasteiger partial charge in [-0.2, -0.15) is 0 Å². The van der Waals surface area contributed by atoms with Crippen LogP contribution in [0.25, 0.3) is 0 Å². The van der Waals surface area contributed by atoms with Crippen molar-refractivity contribution in [3.63, 3.8) is 0 Å². The summed E-state index contributed by atoms with van der Waals surface area (Å²) in [4.78, 5) is 8.46. The van der Waals surface area contributed by atoms with Gasteiger partial charge in [0.2, 0.25) is 0 Å². The van der Waals surface area contributed by atoms with Crippen molar-refractivity contribution in [3.8, 4) is 0 Å². The summed E-state index contributed by atoms with van der Waals surface area (Å²) in [5.41, 5.74) is 1.09. The molecule has 2 heteroatoms. The zero-order chi connectivity index (χ0) is 16.5. The van der Waals surface area contributed by atoms with Crippen LogP contribution in [0, 0.1) is 5.92 Å². The van der Waals surface area contributed by atoms with Gasteiger partial charge >= 0.3 is 0 Å². The fourth-order valence-corrected chi connectivity index (χ4v) is 2.72. The molecule has 0 saturated carbocycles. The molecule has 1 atom stereocenters. The number of rotatable bonds is 15. The minimum absolute atomic E-state index is 0.534. The molecule has 0 heterocycles. The number of allylic oxidation sites excluding steroid dienone is 1. The van der Waals surface area contributed by atoms with Crippen LogP contribution in [0.4, 0.5) is 0 Å². The second kappa shape index (κ2) is 16.2. The normalized spacial score (nSPS) is 13.5. The van der Waals surface area contributed by atoms with Crippen molar-refractivity contribution >= 4 is 12.1 Å². The molecule has 2 nitrogen and oxygen atoms in total. The zero-order valence-electron chi connectivity index (χ0n) is 14.9. The van der Waals surface area contributed by atoms with Crippen molar-refractivity contribution < 1.29 is 0 Å². The van der Waals surface area contributed by atoms with Crippen molar-refractivity contribution in [2.75, 3.05) is 0 Å². The first-order valence-corrected chi connectivity index (χ1v) is 9.12. The van der Waals surface area contributed by atoms with Crippen LogP contribution in [0.5, 0.6) is 0 Å². The van der Waals surface area contributed by atoms with Crippen LogP contribution < -0.4 is 0 Å². The van der Waals surface area contributed by atoms with Crippen molar-refractivity contribution in [2.45, 2.75) is 84.5 Å². The van der Waals surface area contributed by atoms with Crippen molar-refractivity contribution in [3.05, 3.63) is 25.4 Å². The molecule has 0 aliphatic heterocycles. The van der Waals surface area contributed by atoms with Gasteiger partial charge in [-0.3, -0.25) is 0 Å². The molecule has 0 radical (unpaired) electrons. The second-order valence-electron chi connectivity index (χ2n) is 5.95. The van der Waals surface area contributed by atoms with E-state index in [0.717, 1.165) is 5.71 Å². The summed E-state index contributed by atoms with van der Waals surface area (Å²) >= 11 is 0. The van der Waals surface area contributed by atoms with E-state index in [1.807, 2.05) is 6.08 Å². The van der Waals surface area contributed by atoms with E-state index < -0.39 is 0 Å². The molecular formula is C20H36N2. The Bertz CT molecular complexity index is 329. The fraction of sp³-hybridized carbons (Fsp3) is 0.700. The lowest BCUT2D eigenvalue weighted by atomic mass is 9.90. The van der Waals surface area contributed by atoms with Crippen LogP contribution >= 0.6 is 0 Å². The highest BCUT2D eigenvalue weighted by Crippen LogP contribution is 2.21. The number of nitrogens with zero attached hydrogens (tertiary/aromatic N) is 2. The fourth-order valence-electron chi connectivity index (χ4n) is 2.72. The SMILES string of the molecule is C=C/N=C\N=C(/C=C)C(CCCCCC)CCCCCCC. The van der Waals surface area contributed by atoms with Gasteiger partial charge < -0.3 is 0 Å². The first-order valence-electron chi connectivity index (χ1n) is 9.12. The van der Waals surface area contributed by atoms with E-state index >= 15 is 0 Å². The summed E-state index contributed by atoms with van der Waals surface area (Å²) in [6, 6.07) is 0. The molecule has 1 unspecified atom stereocenters. The quantitative estimate of drug-likeness (QED) is 0.182. The Kier molecular flexibility index (Phi) is 15.3. The molecule has 0 N–H and O–H groups in total. The summed E-state index contributed by atoms with van der Waals surface area (Å²) in [7, 11) is 0. The van der Waals surface area contributed by atoms with Gasteiger partial charge in [-0.05, 0) is 18.9 Å². The van der Waals surface area contributed by atoms with Gasteiger partial charge in [0, 0.05) is 17.8 Å². The molecule has 126 valence electrons. The van der Waals surface area contributed by atoms with Crippen LogP contribution in [-0.2, 0) is 0 Å². The lowest BCUT2D eigenvalue weighted by Crippen LogP contribution is -2.13. The summed E-state index contributed by atoms with van der Waals surface area (Å²) < 4.78 is 0. The molecule has 0 aromatic rings. The highest BCUT2D eigenvalue weighted by molar-refractivity contribution is 6.00. The zero-order valence-corrected chi connectivity index (χ0v) is 14.9. The summed E-state index contributed by atoms with van der Waals surface area (Å²) in [6.07, 6.45) is 19.4. The van der Waals surface area contributed by atoms with E-state index in [1.165, 1.54) is 76.8 Å².